The van der Waals surface area contributed by atoms with Crippen molar-refractivity contribution in [1.29, 1.82) is 0 Å². The smallest absolute Gasteiger partial charge is 0.237 e. The maximum Gasteiger partial charge on any atom is 0.237 e. The quantitative estimate of drug-likeness (QED) is 0.854. The van der Waals surface area contributed by atoms with Crippen molar-refractivity contribution in [2.75, 3.05) is 5.73 Å². The predicted molar refractivity (Wildman–Crippen MR) is 63.4 cm³/mol. The third-order valence-corrected chi connectivity index (χ3v) is 2.86. The number of halogens is 2. The molecule has 0 aliphatic carbocycles. The van der Waals surface area contributed by atoms with E-state index in [1.165, 1.54) is 4.57 Å². The minimum Gasteiger partial charge on any atom is -0.369 e. The summed E-state index contributed by atoms with van der Waals surface area (Å²) in [5.74, 6) is -0.302. The average Bonchev–Trinajstić information content (AvgIpc) is 2.45. The summed E-state index contributed by atoms with van der Waals surface area (Å²) in [6, 6.07) is 3.19. The molecule has 1 aromatic heterocycles. The van der Waals surface area contributed by atoms with Crippen LogP contribution in [0.3, 0.4) is 0 Å². The molecule has 16 heavy (non-hydrogen) atoms. The molecule has 2 rings (SSSR count). The molecule has 5 nitrogen and oxygen atoms in total. The lowest BCUT2D eigenvalue weighted by molar-refractivity contribution is -0.118. The lowest BCUT2D eigenvalue weighted by atomic mass is 10.3. The number of amides is 1. The maximum absolute atomic E-state index is 10.9. The van der Waals surface area contributed by atoms with E-state index in [-0.39, 0.29) is 12.5 Å². The highest BCUT2D eigenvalue weighted by molar-refractivity contribution is 6.42. The van der Waals surface area contributed by atoms with E-state index in [1.54, 1.807) is 12.1 Å². The van der Waals surface area contributed by atoms with Crippen molar-refractivity contribution >= 4 is 46.1 Å². The number of hydrogen-bond donors (Lipinski definition) is 2. The zero-order valence-corrected chi connectivity index (χ0v) is 9.59. The van der Waals surface area contributed by atoms with Gasteiger partial charge >= 0.3 is 0 Å². The summed E-state index contributed by atoms with van der Waals surface area (Å²) in [7, 11) is 0. The molecule has 0 spiro atoms. The van der Waals surface area contributed by atoms with Crippen molar-refractivity contribution in [3.63, 3.8) is 0 Å². The Morgan fingerprint density at radius 2 is 2.00 bits per heavy atom. The lowest BCUT2D eigenvalue weighted by Gasteiger charge is -2.03. The van der Waals surface area contributed by atoms with Crippen molar-refractivity contribution in [2.24, 2.45) is 5.73 Å². The van der Waals surface area contributed by atoms with E-state index in [4.69, 9.17) is 34.7 Å². The van der Waals surface area contributed by atoms with E-state index in [0.717, 1.165) is 0 Å². The van der Waals surface area contributed by atoms with E-state index in [9.17, 15) is 4.79 Å². The Kier molecular flexibility index (Phi) is 2.65. The van der Waals surface area contributed by atoms with Crippen molar-refractivity contribution in [2.45, 2.75) is 6.54 Å². The number of carbonyl (C=O) groups excluding carboxylic acids is 1. The van der Waals surface area contributed by atoms with Crippen LogP contribution in [-0.2, 0) is 11.3 Å². The number of nitrogens with two attached hydrogens (primary N) is 2. The number of nitrogens with zero attached hydrogens (tertiary/aromatic N) is 2. The summed E-state index contributed by atoms with van der Waals surface area (Å²) in [4.78, 5) is 14.9. The highest BCUT2D eigenvalue weighted by atomic mass is 35.5. The second-order valence-electron chi connectivity index (χ2n) is 3.28. The number of anilines is 1. The normalized spacial score (nSPS) is 10.9. The topological polar surface area (TPSA) is 86.9 Å². The molecule has 84 valence electrons. The van der Waals surface area contributed by atoms with Crippen molar-refractivity contribution in [3.05, 3.63) is 22.2 Å². The molecule has 0 aliphatic heterocycles. The Balaban J connectivity index is 2.68. The maximum atomic E-state index is 10.9. The molecule has 1 aromatic carbocycles. The zero-order chi connectivity index (χ0) is 11.9. The van der Waals surface area contributed by atoms with Gasteiger partial charge in [-0.2, -0.15) is 0 Å². The predicted octanol–water partition coefficient (Wildman–Crippen LogP) is 1.41. The molecule has 1 amide bonds. The molecular formula is C9H8Cl2N4O. The van der Waals surface area contributed by atoms with Crippen LogP contribution in [0.4, 0.5) is 5.95 Å². The molecule has 0 aliphatic rings. The number of nitrogen functional groups attached to an aromatic ring is 1. The molecule has 2 aromatic rings. The van der Waals surface area contributed by atoms with Gasteiger partial charge in [0.2, 0.25) is 11.9 Å². The number of carbonyl (C=O) groups is 1. The van der Waals surface area contributed by atoms with Crippen molar-refractivity contribution < 1.29 is 4.79 Å². The molecule has 0 saturated carbocycles. The van der Waals surface area contributed by atoms with Gasteiger partial charge in [0.25, 0.3) is 0 Å². The number of hydrogen-bond acceptors (Lipinski definition) is 3. The zero-order valence-electron chi connectivity index (χ0n) is 8.08. The van der Waals surface area contributed by atoms with Gasteiger partial charge in [0.15, 0.2) is 0 Å². The van der Waals surface area contributed by atoms with Crippen LogP contribution in [0.15, 0.2) is 12.1 Å². The van der Waals surface area contributed by atoms with Gasteiger partial charge in [-0.05, 0) is 12.1 Å². The van der Waals surface area contributed by atoms with Crippen LogP contribution < -0.4 is 11.5 Å². The Labute approximate surface area is 101 Å². The fraction of sp³-hybridized carbons (Fsp3) is 0.111. The summed E-state index contributed by atoms with van der Waals surface area (Å²) < 4.78 is 1.49. The van der Waals surface area contributed by atoms with Crippen LogP contribution in [0.1, 0.15) is 0 Å². The van der Waals surface area contributed by atoms with Gasteiger partial charge in [0.1, 0.15) is 6.54 Å². The highest BCUT2D eigenvalue weighted by Crippen LogP contribution is 2.28. The molecule has 4 N–H and O–H groups in total. The van der Waals surface area contributed by atoms with Crippen LogP contribution in [0.25, 0.3) is 11.0 Å². The van der Waals surface area contributed by atoms with Crippen molar-refractivity contribution in [3.8, 4) is 0 Å². The number of benzene rings is 1. The number of primary amides is 1. The lowest BCUT2D eigenvalue weighted by Crippen LogP contribution is -2.19. The largest absolute Gasteiger partial charge is 0.369 e. The molecule has 0 fully saturated rings. The Morgan fingerprint density at radius 1 is 1.38 bits per heavy atom. The Hall–Kier alpha value is -1.46. The molecule has 0 unspecified atom stereocenters. The first-order valence-corrected chi connectivity index (χ1v) is 5.13. The van der Waals surface area contributed by atoms with Crippen LogP contribution in [0, 0.1) is 0 Å². The molecule has 1 heterocycles. The van der Waals surface area contributed by atoms with Crippen molar-refractivity contribution in [1.82, 2.24) is 9.55 Å². The summed E-state index contributed by atoms with van der Waals surface area (Å²) in [5, 5.41) is 0.762. The van der Waals surface area contributed by atoms with E-state index in [1.807, 2.05) is 0 Å². The van der Waals surface area contributed by atoms with Gasteiger partial charge in [0, 0.05) is 0 Å². The van der Waals surface area contributed by atoms with Crippen LogP contribution >= 0.6 is 23.2 Å². The highest BCUT2D eigenvalue weighted by Gasteiger charge is 2.12. The summed E-state index contributed by atoms with van der Waals surface area (Å²) in [6.07, 6.45) is 0. The monoisotopic (exact) mass is 258 g/mol. The third kappa shape index (κ3) is 1.79. The summed E-state index contributed by atoms with van der Waals surface area (Å²) in [6.45, 7) is -0.0414. The van der Waals surface area contributed by atoms with Gasteiger partial charge in [-0.15, -0.1) is 0 Å². The third-order valence-electron chi connectivity index (χ3n) is 2.13. The average molecular weight is 259 g/mol. The first kappa shape index (κ1) is 11.0. The van der Waals surface area contributed by atoms with Gasteiger partial charge in [-0.25, -0.2) is 4.98 Å². The second kappa shape index (κ2) is 3.84. The first-order valence-electron chi connectivity index (χ1n) is 4.38. The molecule has 0 atom stereocenters. The van der Waals surface area contributed by atoms with Gasteiger partial charge in [-0.1, -0.05) is 23.2 Å². The number of aromatic nitrogens is 2. The minimum atomic E-state index is -0.503. The summed E-state index contributed by atoms with van der Waals surface area (Å²) in [5.41, 5.74) is 12.0. The van der Waals surface area contributed by atoms with E-state index < -0.39 is 5.91 Å². The minimum absolute atomic E-state index is 0.0414. The molecule has 7 heteroatoms. The Bertz CT molecular complexity index is 578. The number of rotatable bonds is 2. The van der Waals surface area contributed by atoms with Gasteiger partial charge < -0.3 is 16.0 Å². The van der Waals surface area contributed by atoms with Crippen LogP contribution in [-0.4, -0.2) is 15.5 Å². The van der Waals surface area contributed by atoms with E-state index >= 15 is 0 Å². The molecule has 0 bridgehead atoms. The van der Waals surface area contributed by atoms with E-state index in [2.05, 4.69) is 4.98 Å². The number of fused-ring (bicyclic) bond motifs is 1. The fourth-order valence-corrected chi connectivity index (χ4v) is 1.78. The standard InChI is InChI=1S/C9H8Cl2N4O/c10-4-1-6-7(2-5(4)11)15(3-8(12)16)9(13)14-6/h1-2H,3H2,(H2,12,16)(H2,13,14). The van der Waals surface area contributed by atoms with E-state index in [0.29, 0.717) is 21.1 Å². The molecule has 0 saturated heterocycles. The Morgan fingerprint density at radius 3 is 2.62 bits per heavy atom. The van der Waals surface area contributed by atoms with Gasteiger partial charge in [-0.3, -0.25) is 4.79 Å². The fourth-order valence-electron chi connectivity index (χ4n) is 1.46. The second-order valence-corrected chi connectivity index (χ2v) is 4.09. The summed E-state index contributed by atoms with van der Waals surface area (Å²) >= 11 is 11.7. The SMILES string of the molecule is NC(=O)Cn1c(N)nc2cc(Cl)c(Cl)cc21. The molecule has 0 radical (unpaired) electrons. The molecular weight excluding hydrogens is 251 g/mol. The van der Waals surface area contributed by atoms with Crippen LogP contribution in [0.2, 0.25) is 10.0 Å². The van der Waals surface area contributed by atoms with Crippen LogP contribution in [0.5, 0.6) is 0 Å². The number of imidazole rings is 1. The van der Waals surface area contributed by atoms with Gasteiger partial charge in [0.05, 0.1) is 21.1 Å². The first-order chi connectivity index (χ1) is 7.49.